The Hall–Kier alpha value is -1.59. The summed E-state index contributed by atoms with van der Waals surface area (Å²) in [4.78, 5) is 0. The highest BCUT2D eigenvalue weighted by Crippen LogP contribution is 2.22. The van der Waals surface area contributed by atoms with E-state index in [0.717, 1.165) is 23.8 Å². The van der Waals surface area contributed by atoms with Crippen molar-refractivity contribution in [2.75, 3.05) is 25.5 Å². The van der Waals surface area contributed by atoms with E-state index in [1.165, 1.54) is 5.57 Å². The molecule has 0 spiro atoms. The molecular formula is C21H36ClN5. The Balaban J connectivity index is 2.74. The summed E-state index contributed by atoms with van der Waals surface area (Å²) >= 11 is 6.13. The molecule has 5 nitrogen and oxygen atoms in total. The van der Waals surface area contributed by atoms with Crippen molar-refractivity contribution in [1.29, 1.82) is 0 Å². The topological polar surface area (TPSA) is 52.0 Å². The number of likely N-dealkylation sites (N-methyl/N-ethyl adjacent to an activating group) is 1. The number of benzene rings is 1. The first kappa shape index (κ1) is 23.4. The lowest BCUT2D eigenvalue weighted by atomic mass is 9.94. The van der Waals surface area contributed by atoms with Gasteiger partial charge in [-0.25, -0.2) is 0 Å². The third kappa shape index (κ3) is 8.31. The Bertz CT molecular complexity index is 616. The summed E-state index contributed by atoms with van der Waals surface area (Å²) in [5.41, 5.74) is 2.32. The molecule has 0 heterocycles. The minimum Gasteiger partial charge on any atom is -0.378 e. The first-order chi connectivity index (χ1) is 12.8. The summed E-state index contributed by atoms with van der Waals surface area (Å²) < 4.78 is 0. The number of nitrogens with one attached hydrogen (secondary N) is 2. The molecule has 2 N–H and O–H groups in total. The molecule has 0 saturated heterocycles. The van der Waals surface area contributed by atoms with Gasteiger partial charge in [-0.1, -0.05) is 48.4 Å². The van der Waals surface area contributed by atoms with Crippen LogP contribution in [0.5, 0.6) is 0 Å². The summed E-state index contributed by atoms with van der Waals surface area (Å²) in [7, 11) is 1.98. The van der Waals surface area contributed by atoms with Gasteiger partial charge in [0.15, 0.2) is 0 Å². The van der Waals surface area contributed by atoms with Crippen molar-refractivity contribution in [3.63, 3.8) is 0 Å². The van der Waals surface area contributed by atoms with E-state index >= 15 is 0 Å². The van der Waals surface area contributed by atoms with Gasteiger partial charge in [0.05, 0.1) is 12.1 Å². The fraction of sp³-hybridized carbons (Fsp3) is 0.619. The second-order valence-corrected chi connectivity index (χ2v) is 7.71. The van der Waals surface area contributed by atoms with E-state index < -0.39 is 0 Å². The van der Waals surface area contributed by atoms with E-state index in [4.69, 9.17) is 11.6 Å². The van der Waals surface area contributed by atoms with Crippen LogP contribution in [0.2, 0.25) is 5.02 Å². The van der Waals surface area contributed by atoms with Crippen LogP contribution in [-0.4, -0.2) is 43.3 Å². The molecule has 0 fully saturated rings. The normalized spacial score (nSPS) is 16.8. The van der Waals surface area contributed by atoms with Crippen LogP contribution < -0.4 is 10.6 Å². The van der Waals surface area contributed by atoms with Crippen molar-refractivity contribution in [2.24, 2.45) is 16.3 Å². The quantitative estimate of drug-likeness (QED) is 0.300. The highest BCUT2D eigenvalue weighted by molar-refractivity contribution is 6.30. The third-order valence-electron chi connectivity index (χ3n) is 4.85. The van der Waals surface area contributed by atoms with Gasteiger partial charge < -0.3 is 10.6 Å². The van der Waals surface area contributed by atoms with E-state index in [1.807, 2.05) is 36.3 Å². The number of anilines is 1. The van der Waals surface area contributed by atoms with Gasteiger partial charge in [-0.2, -0.15) is 5.11 Å². The average molecular weight is 394 g/mol. The fourth-order valence-electron chi connectivity index (χ4n) is 2.96. The average Bonchev–Trinajstić information content (AvgIpc) is 2.63. The zero-order valence-corrected chi connectivity index (χ0v) is 18.6. The van der Waals surface area contributed by atoms with Crippen molar-refractivity contribution < 1.29 is 0 Å². The van der Waals surface area contributed by atoms with Crippen LogP contribution in [0, 0.1) is 5.92 Å². The van der Waals surface area contributed by atoms with Gasteiger partial charge in [0.1, 0.15) is 0 Å². The Morgan fingerprint density at radius 1 is 1.30 bits per heavy atom. The fourth-order valence-corrected chi connectivity index (χ4v) is 3.15. The highest BCUT2D eigenvalue weighted by Gasteiger charge is 2.20. The molecule has 0 amide bonds. The van der Waals surface area contributed by atoms with Crippen LogP contribution >= 0.6 is 11.6 Å². The van der Waals surface area contributed by atoms with Crippen LogP contribution in [-0.2, 0) is 0 Å². The molecule has 0 radical (unpaired) electrons. The molecule has 1 aromatic rings. The van der Waals surface area contributed by atoms with E-state index in [1.54, 1.807) is 0 Å². The van der Waals surface area contributed by atoms with Crippen molar-refractivity contribution in [1.82, 2.24) is 10.3 Å². The minimum atomic E-state index is 0.139. The van der Waals surface area contributed by atoms with Crippen LogP contribution in [0.1, 0.15) is 41.5 Å². The number of hydrogen-bond acceptors (Lipinski definition) is 4. The molecule has 6 heteroatoms. The van der Waals surface area contributed by atoms with E-state index in [9.17, 15) is 0 Å². The molecule has 0 aliphatic heterocycles. The smallest absolute Gasteiger partial charge is 0.0851 e. The van der Waals surface area contributed by atoms with Gasteiger partial charge in [0, 0.05) is 30.3 Å². The zero-order chi connectivity index (χ0) is 20.4. The second-order valence-electron chi connectivity index (χ2n) is 7.27. The van der Waals surface area contributed by atoms with Crippen LogP contribution in [0.3, 0.4) is 0 Å². The first-order valence-corrected chi connectivity index (χ1v) is 10.2. The maximum Gasteiger partial charge on any atom is 0.0851 e. The number of halogens is 1. The zero-order valence-electron chi connectivity index (χ0n) is 17.8. The number of allylic oxidation sites excluding steroid dienone is 1. The Labute approximate surface area is 170 Å². The molecule has 0 bridgehead atoms. The lowest BCUT2D eigenvalue weighted by Crippen LogP contribution is -2.36. The van der Waals surface area contributed by atoms with Crippen molar-refractivity contribution in [3.05, 3.63) is 40.9 Å². The monoisotopic (exact) mass is 393 g/mol. The predicted molar refractivity (Wildman–Crippen MR) is 118 cm³/mol. The summed E-state index contributed by atoms with van der Waals surface area (Å²) in [5.74, 6) is 0.339. The molecule has 152 valence electrons. The lowest BCUT2D eigenvalue weighted by Gasteiger charge is -2.29. The second kappa shape index (κ2) is 12.0. The Morgan fingerprint density at radius 3 is 2.59 bits per heavy atom. The molecule has 0 aromatic heterocycles. The maximum atomic E-state index is 6.13. The summed E-state index contributed by atoms with van der Waals surface area (Å²) in [6.07, 6.45) is 2.15. The largest absolute Gasteiger partial charge is 0.378 e. The van der Waals surface area contributed by atoms with Crippen LogP contribution in [0.4, 0.5) is 5.69 Å². The van der Waals surface area contributed by atoms with Gasteiger partial charge in [-0.15, -0.1) is 0 Å². The maximum absolute atomic E-state index is 6.13. The minimum absolute atomic E-state index is 0.139. The number of nitrogens with zero attached hydrogens (tertiary/aromatic N) is 3. The molecule has 0 aliphatic carbocycles. The number of rotatable bonds is 11. The molecule has 2 unspecified atom stereocenters. The summed E-state index contributed by atoms with van der Waals surface area (Å²) in [6, 6.07) is 8.50. The SMILES string of the molecule is C/C=C(\C)C(Nc1cccc(Cl)c1)[C@H](C)CN(C)/N=N\[C@H](C)C(C)NCC. The predicted octanol–water partition coefficient (Wildman–Crippen LogP) is 5.41. The molecule has 27 heavy (non-hydrogen) atoms. The summed E-state index contributed by atoms with van der Waals surface area (Å²) in [6.45, 7) is 14.5. The van der Waals surface area contributed by atoms with Crippen molar-refractivity contribution >= 4 is 17.3 Å². The highest BCUT2D eigenvalue weighted by atomic mass is 35.5. The van der Waals surface area contributed by atoms with Gasteiger partial charge in [-0.3, -0.25) is 5.01 Å². The molecular weight excluding hydrogens is 358 g/mol. The van der Waals surface area contributed by atoms with E-state index in [-0.39, 0.29) is 12.1 Å². The lowest BCUT2D eigenvalue weighted by molar-refractivity contribution is 0.262. The molecule has 0 aliphatic rings. The molecule has 1 aromatic carbocycles. The van der Waals surface area contributed by atoms with E-state index in [2.05, 4.69) is 68.6 Å². The summed E-state index contributed by atoms with van der Waals surface area (Å²) in [5, 5.41) is 18.5. The molecule has 0 saturated carbocycles. The molecule has 4 atom stereocenters. The van der Waals surface area contributed by atoms with Crippen molar-refractivity contribution in [3.8, 4) is 0 Å². The van der Waals surface area contributed by atoms with Gasteiger partial charge >= 0.3 is 0 Å². The molecule has 1 rings (SSSR count). The van der Waals surface area contributed by atoms with Gasteiger partial charge in [0.2, 0.25) is 0 Å². The Kier molecular flexibility index (Phi) is 10.4. The standard InChI is InChI=1S/C21H36ClN5/c1-8-15(3)21(24-20-12-10-11-19(22)13-20)16(4)14-27(7)26-25-18(6)17(5)23-9-2/h8,10-13,16-18,21,23-24H,9,14H2,1-7H3/b15-8+,26-25-/t16-,17?,18-,21?/m1/s1. The van der Waals surface area contributed by atoms with Crippen molar-refractivity contribution in [2.45, 2.75) is 59.7 Å². The van der Waals surface area contributed by atoms with Crippen LogP contribution in [0.15, 0.2) is 46.3 Å². The third-order valence-corrected chi connectivity index (χ3v) is 5.09. The van der Waals surface area contributed by atoms with Gasteiger partial charge in [0.25, 0.3) is 0 Å². The first-order valence-electron chi connectivity index (χ1n) is 9.78. The van der Waals surface area contributed by atoms with Crippen LogP contribution in [0.25, 0.3) is 0 Å². The Morgan fingerprint density at radius 2 is 2.00 bits per heavy atom. The van der Waals surface area contributed by atoms with E-state index in [0.29, 0.717) is 12.0 Å². The van der Waals surface area contributed by atoms with Gasteiger partial charge in [-0.05, 0) is 58.4 Å². The number of hydrogen-bond donors (Lipinski definition) is 2.